The minimum Gasteiger partial charge on any atom is -0.482 e. The monoisotopic (exact) mass is 355 g/mol. The molecule has 0 saturated carbocycles. The number of aromatic nitrogens is 1. The molecular formula is C20H25N3O3. The summed E-state index contributed by atoms with van der Waals surface area (Å²) >= 11 is 0. The molecule has 2 aromatic rings. The Balaban J connectivity index is 1.56. The fraction of sp³-hybridized carbons (Fsp3) is 0.400. The van der Waals surface area contributed by atoms with Gasteiger partial charge in [-0.3, -0.25) is 14.8 Å². The van der Waals surface area contributed by atoms with Gasteiger partial charge in [-0.25, -0.2) is 4.79 Å². The summed E-state index contributed by atoms with van der Waals surface area (Å²) in [6, 6.07) is 13.7. The van der Waals surface area contributed by atoms with Gasteiger partial charge < -0.3 is 9.84 Å². The van der Waals surface area contributed by atoms with Crippen molar-refractivity contribution >= 4 is 5.97 Å². The Morgan fingerprint density at radius 1 is 1.00 bits per heavy atom. The molecule has 0 bridgehead atoms. The van der Waals surface area contributed by atoms with Crippen LogP contribution in [0.3, 0.4) is 0 Å². The molecule has 1 saturated heterocycles. The minimum atomic E-state index is -0.959. The van der Waals surface area contributed by atoms with Gasteiger partial charge in [0.2, 0.25) is 0 Å². The van der Waals surface area contributed by atoms with E-state index in [2.05, 4.69) is 20.9 Å². The molecule has 2 heterocycles. The summed E-state index contributed by atoms with van der Waals surface area (Å²) < 4.78 is 5.43. The molecular weight excluding hydrogens is 330 g/mol. The number of carboxylic acid groups (broad SMARTS) is 1. The van der Waals surface area contributed by atoms with Crippen molar-refractivity contribution in [2.24, 2.45) is 0 Å². The van der Waals surface area contributed by atoms with Crippen molar-refractivity contribution in [3.63, 3.8) is 0 Å². The minimum absolute atomic E-state index is 0.311. The van der Waals surface area contributed by atoms with Crippen LogP contribution >= 0.6 is 0 Å². The number of hydrogen-bond acceptors (Lipinski definition) is 5. The molecule has 1 aliphatic heterocycles. The van der Waals surface area contributed by atoms with E-state index in [1.165, 1.54) is 0 Å². The molecule has 26 heavy (non-hydrogen) atoms. The summed E-state index contributed by atoms with van der Waals surface area (Å²) in [5, 5.41) is 8.83. The standard InChI is InChI=1S/C20H25N3O3/c24-20(25)16-26-19-8-2-1-6-17(19)14-22-10-5-11-23(13-12-22)15-18-7-3-4-9-21-18/h1-4,6-9H,5,10-16H2,(H,24,25). The van der Waals surface area contributed by atoms with Crippen LogP contribution in [0.25, 0.3) is 0 Å². The second-order valence-electron chi connectivity index (χ2n) is 6.52. The number of para-hydroxylation sites is 1. The third-order valence-electron chi connectivity index (χ3n) is 4.51. The molecule has 0 atom stereocenters. The van der Waals surface area contributed by atoms with Gasteiger partial charge in [-0.1, -0.05) is 24.3 Å². The summed E-state index contributed by atoms with van der Waals surface area (Å²) in [4.78, 5) is 20.0. The molecule has 6 heteroatoms. The molecule has 3 rings (SSSR count). The van der Waals surface area contributed by atoms with Gasteiger partial charge in [0, 0.05) is 37.9 Å². The highest BCUT2D eigenvalue weighted by atomic mass is 16.5. The zero-order valence-electron chi connectivity index (χ0n) is 14.9. The van der Waals surface area contributed by atoms with Gasteiger partial charge in [0.15, 0.2) is 6.61 Å². The van der Waals surface area contributed by atoms with Crippen LogP contribution in [-0.2, 0) is 17.9 Å². The molecule has 0 amide bonds. The molecule has 0 aliphatic carbocycles. The smallest absolute Gasteiger partial charge is 0.341 e. The van der Waals surface area contributed by atoms with Crippen LogP contribution in [-0.4, -0.2) is 58.6 Å². The highest BCUT2D eigenvalue weighted by Gasteiger charge is 2.17. The zero-order chi connectivity index (χ0) is 18.2. The van der Waals surface area contributed by atoms with Crippen molar-refractivity contribution in [2.45, 2.75) is 19.5 Å². The summed E-state index contributed by atoms with van der Waals surface area (Å²) in [7, 11) is 0. The average molecular weight is 355 g/mol. The molecule has 138 valence electrons. The Labute approximate surface area is 154 Å². The Kier molecular flexibility index (Phi) is 6.57. The maximum absolute atomic E-state index is 10.8. The van der Waals surface area contributed by atoms with Crippen LogP contribution in [0.1, 0.15) is 17.7 Å². The van der Waals surface area contributed by atoms with Crippen LogP contribution in [0.15, 0.2) is 48.7 Å². The molecule has 0 spiro atoms. The topological polar surface area (TPSA) is 65.9 Å². The molecule has 1 aliphatic rings. The van der Waals surface area contributed by atoms with E-state index in [0.717, 1.165) is 56.9 Å². The number of rotatable bonds is 7. The van der Waals surface area contributed by atoms with Gasteiger partial charge in [-0.2, -0.15) is 0 Å². The van der Waals surface area contributed by atoms with Gasteiger partial charge in [0.1, 0.15) is 5.75 Å². The third kappa shape index (κ3) is 5.54. The van der Waals surface area contributed by atoms with E-state index in [-0.39, 0.29) is 6.61 Å². The molecule has 6 nitrogen and oxygen atoms in total. The van der Waals surface area contributed by atoms with Crippen molar-refractivity contribution in [1.29, 1.82) is 0 Å². The highest BCUT2D eigenvalue weighted by Crippen LogP contribution is 2.21. The van der Waals surface area contributed by atoms with Gasteiger partial charge in [-0.15, -0.1) is 0 Å². The summed E-state index contributed by atoms with van der Waals surface area (Å²) in [5.41, 5.74) is 2.14. The van der Waals surface area contributed by atoms with E-state index in [0.29, 0.717) is 5.75 Å². The van der Waals surface area contributed by atoms with Crippen molar-refractivity contribution in [2.75, 3.05) is 32.8 Å². The molecule has 0 unspecified atom stereocenters. The summed E-state index contributed by atoms with van der Waals surface area (Å²) in [5.74, 6) is -0.302. The lowest BCUT2D eigenvalue weighted by molar-refractivity contribution is -0.139. The lowest BCUT2D eigenvalue weighted by atomic mass is 10.2. The van der Waals surface area contributed by atoms with Crippen LogP contribution in [0, 0.1) is 0 Å². The van der Waals surface area contributed by atoms with Crippen LogP contribution in [0.4, 0.5) is 0 Å². The fourth-order valence-corrected chi connectivity index (χ4v) is 3.22. The molecule has 0 radical (unpaired) electrons. The van der Waals surface area contributed by atoms with E-state index >= 15 is 0 Å². The zero-order valence-corrected chi connectivity index (χ0v) is 14.9. The van der Waals surface area contributed by atoms with Crippen molar-refractivity contribution in [1.82, 2.24) is 14.8 Å². The molecule has 1 aromatic carbocycles. The van der Waals surface area contributed by atoms with Crippen LogP contribution < -0.4 is 4.74 Å². The number of aliphatic carboxylic acids is 1. The first-order valence-electron chi connectivity index (χ1n) is 8.98. The largest absolute Gasteiger partial charge is 0.482 e. The van der Waals surface area contributed by atoms with Crippen LogP contribution in [0.5, 0.6) is 5.75 Å². The maximum atomic E-state index is 10.8. The van der Waals surface area contributed by atoms with Crippen molar-refractivity contribution in [3.05, 3.63) is 59.9 Å². The number of hydrogen-bond donors (Lipinski definition) is 1. The van der Waals surface area contributed by atoms with E-state index in [1.54, 1.807) is 0 Å². The number of nitrogens with zero attached hydrogens (tertiary/aromatic N) is 3. The van der Waals surface area contributed by atoms with Gasteiger partial charge in [0.05, 0.1) is 5.69 Å². The van der Waals surface area contributed by atoms with Gasteiger partial charge >= 0.3 is 5.97 Å². The van der Waals surface area contributed by atoms with Crippen LogP contribution in [0.2, 0.25) is 0 Å². The SMILES string of the molecule is O=C(O)COc1ccccc1CN1CCCN(Cc2ccccn2)CC1. The number of ether oxygens (including phenoxy) is 1. The molecule has 1 fully saturated rings. The first kappa shape index (κ1) is 18.4. The lowest BCUT2D eigenvalue weighted by Crippen LogP contribution is -2.30. The Hall–Kier alpha value is -2.44. The fourth-order valence-electron chi connectivity index (χ4n) is 3.22. The van der Waals surface area contributed by atoms with Gasteiger partial charge in [-0.05, 0) is 37.7 Å². The van der Waals surface area contributed by atoms with Crippen molar-refractivity contribution < 1.29 is 14.6 Å². The highest BCUT2D eigenvalue weighted by molar-refractivity contribution is 5.68. The van der Waals surface area contributed by atoms with E-state index in [1.807, 2.05) is 42.6 Å². The predicted octanol–water partition coefficient (Wildman–Crippen LogP) is 2.25. The second-order valence-corrected chi connectivity index (χ2v) is 6.52. The molecule has 1 N–H and O–H groups in total. The van der Waals surface area contributed by atoms with E-state index in [9.17, 15) is 4.79 Å². The Morgan fingerprint density at radius 2 is 1.73 bits per heavy atom. The van der Waals surface area contributed by atoms with E-state index in [4.69, 9.17) is 9.84 Å². The summed E-state index contributed by atoms with van der Waals surface area (Å²) in [6.45, 7) is 5.39. The van der Waals surface area contributed by atoms with Crippen molar-refractivity contribution in [3.8, 4) is 5.75 Å². The third-order valence-corrected chi connectivity index (χ3v) is 4.51. The Morgan fingerprint density at radius 3 is 2.46 bits per heavy atom. The number of pyridine rings is 1. The second kappa shape index (κ2) is 9.31. The quantitative estimate of drug-likeness (QED) is 0.822. The number of benzene rings is 1. The first-order chi connectivity index (χ1) is 12.7. The normalized spacial score (nSPS) is 16.2. The first-order valence-corrected chi connectivity index (χ1v) is 8.98. The predicted molar refractivity (Wildman–Crippen MR) is 99.0 cm³/mol. The number of carboxylic acids is 1. The Bertz CT molecular complexity index is 708. The molecule has 1 aromatic heterocycles. The van der Waals surface area contributed by atoms with E-state index < -0.39 is 5.97 Å². The summed E-state index contributed by atoms with van der Waals surface area (Å²) in [6.07, 6.45) is 2.94. The number of carbonyl (C=O) groups is 1. The lowest BCUT2D eigenvalue weighted by Gasteiger charge is -2.22. The average Bonchev–Trinajstić information content (AvgIpc) is 2.87. The maximum Gasteiger partial charge on any atom is 0.341 e. The van der Waals surface area contributed by atoms with Gasteiger partial charge in [0.25, 0.3) is 0 Å².